The highest BCUT2D eigenvalue weighted by Crippen LogP contribution is 2.36. The van der Waals surface area contributed by atoms with E-state index in [1.807, 2.05) is 13.0 Å². The molecular weight excluding hydrogens is 358 g/mol. The van der Waals surface area contributed by atoms with Crippen molar-refractivity contribution in [3.63, 3.8) is 0 Å². The van der Waals surface area contributed by atoms with E-state index in [1.165, 1.54) is 0 Å². The van der Waals surface area contributed by atoms with Crippen LogP contribution in [0, 0.1) is 5.41 Å². The molecule has 0 aliphatic heterocycles. The minimum Gasteiger partial charge on any atom is -0.434 e. The summed E-state index contributed by atoms with van der Waals surface area (Å²) in [4.78, 5) is 42.4. The highest BCUT2D eigenvalue weighted by molar-refractivity contribution is 6.07. The van der Waals surface area contributed by atoms with E-state index >= 15 is 0 Å². The minimum absolute atomic E-state index is 0.0284. The van der Waals surface area contributed by atoms with Crippen LogP contribution < -0.4 is 11.1 Å². The number of para-hydroxylation sites is 2. The number of aromatic nitrogens is 1. The molecule has 0 saturated heterocycles. The molecule has 1 aromatic heterocycles. The lowest BCUT2D eigenvalue weighted by atomic mass is 9.72. The maximum Gasteiger partial charge on any atom is 0.266 e. The number of benzene rings is 1. The zero-order valence-electron chi connectivity index (χ0n) is 16.2. The third-order valence-corrected chi connectivity index (χ3v) is 5.59. The van der Waals surface area contributed by atoms with Gasteiger partial charge in [-0.15, -0.1) is 0 Å². The average molecular weight is 385 g/mol. The fourth-order valence-electron chi connectivity index (χ4n) is 3.84. The van der Waals surface area contributed by atoms with Crippen LogP contribution >= 0.6 is 0 Å². The lowest BCUT2D eigenvalue weighted by Gasteiger charge is -2.34. The topological polar surface area (TPSA) is 115 Å². The van der Waals surface area contributed by atoms with E-state index in [2.05, 4.69) is 10.3 Å². The molecule has 1 heterocycles. The van der Waals surface area contributed by atoms with Crippen molar-refractivity contribution in [3.05, 3.63) is 30.2 Å². The van der Waals surface area contributed by atoms with Gasteiger partial charge in [-0.05, 0) is 31.4 Å². The van der Waals surface area contributed by atoms with Crippen molar-refractivity contribution >= 4 is 28.7 Å². The first-order valence-electron chi connectivity index (χ1n) is 9.98. The summed E-state index contributed by atoms with van der Waals surface area (Å²) in [7, 11) is 0. The second-order valence-corrected chi connectivity index (χ2v) is 7.53. The lowest BCUT2D eigenvalue weighted by molar-refractivity contribution is -0.144. The van der Waals surface area contributed by atoms with Gasteiger partial charge < -0.3 is 15.5 Å². The number of unbranched alkanes of at least 4 members (excludes halogenated alkanes) is 1. The predicted octanol–water partition coefficient (Wildman–Crippen LogP) is 3.12. The highest BCUT2D eigenvalue weighted by atomic mass is 16.4. The summed E-state index contributed by atoms with van der Waals surface area (Å²) >= 11 is 0. The maximum atomic E-state index is 13.0. The maximum absolute atomic E-state index is 13.0. The van der Waals surface area contributed by atoms with Gasteiger partial charge in [-0.3, -0.25) is 14.4 Å². The molecular formula is C21H27N3O4. The van der Waals surface area contributed by atoms with Gasteiger partial charge in [-0.1, -0.05) is 51.2 Å². The number of nitrogens with one attached hydrogen (secondary N) is 1. The van der Waals surface area contributed by atoms with E-state index < -0.39 is 23.3 Å². The van der Waals surface area contributed by atoms with Gasteiger partial charge in [0.25, 0.3) is 5.89 Å². The molecule has 1 fully saturated rings. The largest absolute Gasteiger partial charge is 0.434 e. The van der Waals surface area contributed by atoms with Gasteiger partial charge in [0.1, 0.15) is 10.9 Å². The van der Waals surface area contributed by atoms with Crippen LogP contribution in [0.25, 0.3) is 11.1 Å². The average Bonchev–Trinajstić information content (AvgIpc) is 3.15. The third-order valence-electron chi connectivity index (χ3n) is 5.59. The number of carbonyl (C=O) groups excluding carboxylic acids is 3. The molecule has 0 unspecified atom stereocenters. The first-order valence-corrected chi connectivity index (χ1v) is 9.98. The van der Waals surface area contributed by atoms with Crippen molar-refractivity contribution in [3.8, 4) is 0 Å². The van der Waals surface area contributed by atoms with Crippen LogP contribution in [0.15, 0.2) is 28.7 Å². The molecule has 2 aromatic rings. The number of Topliss-reactive ketones (excluding diaryl/α,β-unsaturated/α-hetero) is 1. The van der Waals surface area contributed by atoms with E-state index in [0.29, 0.717) is 30.4 Å². The molecule has 7 nitrogen and oxygen atoms in total. The molecule has 28 heavy (non-hydrogen) atoms. The SMILES string of the molecule is CCCC[C@H](NC(=O)C1(C(N)=O)CCCCC1)C(=O)c1nc2ccccc2o1. The van der Waals surface area contributed by atoms with Crippen molar-refractivity contribution in [1.82, 2.24) is 10.3 Å². The van der Waals surface area contributed by atoms with Crippen LogP contribution in [0.3, 0.4) is 0 Å². The first kappa shape index (κ1) is 20.0. The van der Waals surface area contributed by atoms with Gasteiger partial charge in [0, 0.05) is 0 Å². The number of nitrogens with two attached hydrogens (primary N) is 1. The molecule has 0 spiro atoms. The standard InChI is InChI=1S/C21H27N3O4/c1-2-3-9-15(17(25)18-23-14-10-5-6-11-16(14)28-18)24-20(27)21(19(22)26)12-7-4-8-13-21/h5-6,10-11,15H,2-4,7-9,12-13H2,1H3,(H2,22,26)(H,24,27)/t15-/m0/s1. The van der Waals surface area contributed by atoms with Crippen LogP contribution in [-0.4, -0.2) is 28.6 Å². The molecule has 1 atom stereocenters. The second kappa shape index (κ2) is 8.54. The molecule has 3 rings (SSSR count). The summed E-state index contributed by atoms with van der Waals surface area (Å²) in [6.07, 6.45) is 5.44. The Hall–Kier alpha value is -2.70. The van der Waals surface area contributed by atoms with E-state index in [9.17, 15) is 14.4 Å². The van der Waals surface area contributed by atoms with E-state index in [-0.39, 0.29) is 11.7 Å². The van der Waals surface area contributed by atoms with Gasteiger partial charge in [0.2, 0.25) is 17.6 Å². The Kier molecular flexibility index (Phi) is 6.11. The predicted molar refractivity (Wildman–Crippen MR) is 105 cm³/mol. The molecule has 0 radical (unpaired) electrons. The number of nitrogens with zero attached hydrogens (tertiary/aromatic N) is 1. The smallest absolute Gasteiger partial charge is 0.266 e. The number of hydrogen-bond donors (Lipinski definition) is 2. The zero-order valence-corrected chi connectivity index (χ0v) is 16.2. The van der Waals surface area contributed by atoms with Gasteiger partial charge in [-0.25, -0.2) is 4.98 Å². The lowest BCUT2D eigenvalue weighted by Crippen LogP contribution is -2.54. The summed E-state index contributed by atoms with van der Waals surface area (Å²) in [5, 5.41) is 2.80. The number of oxazole rings is 1. The molecule has 150 valence electrons. The van der Waals surface area contributed by atoms with E-state index in [4.69, 9.17) is 10.2 Å². The normalized spacial score (nSPS) is 17.2. The van der Waals surface area contributed by atoms with Gasteiger partial charge in [0.05, 0.1) is 6.04 Å². The Morgan fingerprint density at radius 3 is 2.57 bits per heavy atom. The quantitative estimate of drug-likeness (QED) is 0.535. The number of hydrogen-bond acceptors (Lipinski definition) is 5. The minimum atomic E-state index is -1.23. The van der Waals surface area contributed by atoms with Crippen LogP contribution in [0.4, 0.5) is 0 Å². The monoisotopic (exact) mass is 385 g/mol. The van der Waals surface area contributed by atoms with E-state index in [0.717, 1.165) is 32.1 Å². The van der Waals surface area contributed by atoms with Gasteiger partial charge in [0.15, 0.2) is 5.58 Å². The number of primary amides is 1. The van der Waals surface area contributed by atoms with Crippen molar-refractivity contribution < 1.29 is 18.8 Å². The molecule has 2 amide bonds. The van der Waals surface area contributed by atoms with Crippen molar-refractivity contribution in [2.45, 2.75) is 64.3 Å². The molecule has 1 saturated carbocycles. The Labute approximate surface area is 164 Å². The van der Waals surface area contributed by atoms with Crippen LogP contribution in [-0.2, 0) is 9.59 Å². The van der Waals surface area contributed by atoms with Crippen LogP contribution in [0.5, 0.6) is 0 Å². The number of rotatable bonds is 8. The summed E-state index contributed by atoms with van der Waals surface area (Å²) in [5.41, 5.74) is 5.48. The van der Waals surface area contributed by atoms with Crippen molar-refractivity contribution in [1.29, 1.82) is 0 Å². The summed E-state index contributed by atoms with van der Waals surface area (Å²) in [6, 6.07) is 6.33. The molecule has 1 aliphatic rings. The van der Waals surface area contributed by atoms with Crippen LogP contribution in [0.2, 0.25) is 0 Å². The Morgan fingerprint density at radius 1 is 1.21 bits per heavy atom. The molecule has 1 aromatic carbocycles. The fraction of sp³-hybridized carbons (Fsp3) is 0.524. The number of fused-ring (bicyclic) bond motifs is 1. The number of amides is 2. The second-order valence-electron chi connectivity index (χ2n) is 7.53. The summed E-state index contributed by atoms with van der Waals surface area (Å²) in [6.45, 7) is 2.01. The first-order chi connectivity index (χ1) is 13.5. The Morgan fingerprint density at radius 2 is 1.93 bits per heavy atom. The summed E-state index contributed by atoms with van der Waals surface area (Å²) in [5.74, 6) is -1.48. The molecule has 0 bridgehead atoms. The zero-order chi connectivity index (χ0) is 20.1. The fourth-order valence-corrected chi connectivity index (χ4v) is 3.84. The van der Waals surface area contributed by atoms with Crippen molar-refractivity contribution in [2.24, 2.45) is 11.1 Å². The van der Waals surface area contributed by atoms with Crippen LogP contribution in [0.1, 0.15) is 69.0 Å². The number of carbonyl (C=O) groups is 3. The summed E-state index contributed by atoms with van der Waals surface area (Å²) < 4.78 is 5.59. The van der Waals surface area contributed by atoms with Gasteiger partial charge >= 0.3 is 0 Å². The Balaban J connectivity index is 1.83. The van der Waals surface area contributed by atoms with Gasteiger partial charge in [-0.2, -0.15) is 0 Å². The highest BCUT2D eigenvalue weighted by Gasteiger charge is 2.46. The molecule has 7 heteroatoms. The van der Waals surface area contributed by atoms with E-state index in [1.54, 1.807) is 18.2 Å². The number of ketones is 1. The molecule has 1 aliphatic carbocycles. The third kappa shape index (κ3) is 3.93. The van der Waals surface area contributed by atoms with Crippen molar-refractivity contribution in [2.75, 3.05) is 0 Å². The molecule has 3 N–H and O–H groups in total. The Bertz CT molecular complexity index is 834.